The molecule has 0 saturated carbocycles. The molecule has 0 N–H and O–H groups in total. The van der Waals surface area contributed by atoms with E-state index in [-0.39, 0.29) is 23.2 Å². The van der Waals surface area contributed by atoms with Crippen LogP contribution in [0, 0.1) is 0 Å². The van der Waals surface area contributed by atoms with Gasteiger partial charge in [-0.15, -0.1) is 0 Å². The molecule has 11 heavy (non-hydrogen) atoms. The number of hydrogen-bond donors (Lipinski definition) is 0. The Kier molecular flexibility index (Phi) is 11.2. The topological polar surface area (TPSA) is 23.1 Å². The second-order valence-electron chi connectivity index (χ2n) is 1.62. The van der Waals surface area contributed by atoms with Gasteiger partial charge in [-0.3, -0.25) is 0 Å². The van der Waals surface area contributed by atoms with Crippen LogP contribution in [-0.4, -0.2) is 36.0 Å². The van der Waals surface area contributed by atoms with Crippen LogP contribution in [0.3, 0.4) is 0 Å². The van der Waals surface area contributed by atoms with Crippen LogP contribution in [0.5, 0.6) is 0 Å². The van der Waals surface area contributed by atoms with Gasteiger partial charge in [0.15, 0.2) is 0 Å². The van der Waals surface area contributed by atoms with E-state index in [9.17, 15) is 13.2 Å². The predicted molar refractivity (Wildman–Crippen MR) is 37.6 cm³/mol. The first-order valence-corrected chi connectivity index (χ1v) is 8.17. The summed E-state index contributed by atoms with van der Waals surface area (Å²) < 4.78 is 34.5. The van der Waals surface area contributed by atoms with Gasteiger partial charge in [0, 0.05) is 0 Å². The van der Waals surface area contributed by atoms with Gasteiger partial charge in [-0.25, -0.2) is 0 Å². The summed E-state index contributed by atoms with van der Waals surface area (Å²) in [7, 11) is 0. The van der Waals surface area contributed by atoms with Crippen molar-refractivity contribution in [3.05, 3.63) is 0 Å². The van der Waals surface area contributed by atoms with E-state index in [1.165, 1.54) is 8.26 Å². The van der Waals surface area contributed by atoms with Gasteiger partial charge in [0.25, 0.3) is 0 Å². The molecular weight excluding hydrogens is 354 g/mol. The van der Waals surface area contributed by atoms with Crippen molar-refractivity contribution in [2.45, 2.75) is 28.3 Å². The average molecular weight is 366 g/mol. The summed E-state index contributed by atoms with van der Waals surface area (Å²) in [6, 6.07) is 0. The zero-order valence-electron chi connectivity index (χ0n) is 6.61. The Morgan fingerprint density at radius 2 is 1.45 bits per heavy atom. The van der Waals surface area contributed by atoms with E-state index in [0.717, 1.165) is 0 Å². The first-order chi connectivity index (χ1) is 4.97. The zero-order chi connectivity index (χ0) is 9.33. The van der Waals surface area contributed by atoms with Crippen LogP contribution in [0.4, 0.5) is 13.2 Å². The maximum atomic E-state index is 10.5. The van der Waals surface area contributed by atoms with Crippen LogP contribution in [0.2, 0.25) is 8.26 Å². The molecule has 1 nitrogen and oxygen atoms in total. The summed E-state index contributed by atoms with van der Waals surface area (Å²) >= 11 is 0.145. The molecule has 0 fully saturated rings. The molecule has 0 saturated heterocycles. The Hall–Kier alpha value is 0.633. The van der Waals surface area contributed by atoms with E-state index in [2.05, 4.69) is 13.8 Å². The summed E-state index contributed by atoms with van der Waals surface area (Å²) in [5.41, 5.74) is 0. The SMILES string of the molecule is C[CH2][Bi+][CH2]C.[O-]CC(F)(F)F. The summed E-state index contributed by atoms with van der Waals surface area (Å²) in [5, 5.41) is 8.83. The van der Waals surface area contributed by atoms with E-state index in [0.29, 0.717) is 0 Å². The third-order valence-corrected chi connectivity index (χ3v) is 4.09. The molecule has 0 amide bonds. The molecule has 0 aliphatic rings. The molecule has 0 heterocycles. The Balaban J connectivity index is 0. The van der Waals surface area contributed by atoms with Gasteiger partial charge in [0.2, 0.25) is 0 Å². The number of hydrogen-bond acceptors (Lipinski definition) is 1. The van der Waals surface area contributed by atoms with Crippen LogP contribution in [-0.2, 0) is 0 Å². The average Bonchev–Trinajstić information content (AvgIpc) is 1.90. The van der Waals surface area contributed by atoms with Crippen LogP contribution in [0.25, 0.3) is 0 Å². The molecule has 0 atom stereocenters. The Labute approximate surface area is 76.6 Å². The maximum Gasteiger partial charge on any atom is 0.374 e. The number of rotatable bonds is 2. The fourth-order valence-electron chi connectivity index (χ4n) is 0.224. The van der Waals surface area contributed by atoms with Gasteiger partial charge >= 0.3 is 51.5 Å². The zero-order valence-corrected chi connectivity index (χ0v) is 10.1. The quantitative estimate of drug-likeness (QED) is 0.679. The molecule has 0 spiro atoms. The summed E-state index contributed by atoms with van der Waals surface area (Å²) in [6.07, 6.45) is -4.51. The third-order valence-electron chi connectivity index (χ3n) is 0.611. The molecule has 0 aromatic rings. The van der Waals surface area contributed by atoms with Gasteiger partial charge in [-0.05, 0) is 6.61 Å². The normalized spacial score (nSPS) is 10.4. The van der Waals surface area contributed by atoms with E-state index < -0.39 is 12.8 Å². The molecule has 0 aromatic carbocycles. The number of halogens is 3. The standard InChI is InChI=1S/C2H2F3O.2C2H5.Bi/c3-2(4,5)1-6;2*1-2;/h1H2;2*1H2,2H3;/q-1;;;+1. The molecule has 68 valence electrons. The van der Waals surface area contributed by atoms with Gasteiger partial charge in [0.05, 0.1) is 0 Å². The minimum absolute atomic E-state index is 0.145. The molecule has 0 aliphatic heterocycles. The van der Waals surface area contributed by atoms with Gasteiger partial charge in [-0.1, -0.05) is 0 Å². The van der Waals surface area contributed by atoms with Crippen LogP contribution < -0.4 is 5.11 Å². The Bertz CT molecular complexity index is 72.7. The molecular formula is C6H12BiF3O. The van der Waals surface area contributed by atoms with Gasteiger partial charge < -0.3 is 5.11 Å². The van der Waals surface area contributed by atoms with Crippen molar-refractivity contribution in [1.82, 2.24) is 0 Å². The first-order valence-electron chi connectivity index (χ1n) is 3.26. The Morgan fingerprint density at radius 3 is 1.45 bits per heavy atom. The molecule has 0 aromatic heterocycles. The first kappa shape index (κ1) is 14.2. The second-order valence-corrected chi connectivity index (χ2v) is 8.27. The molecule has 0 aliphatic carbocycles. The van der Waals surface area contributed by atoms with E-state index in [1.54, 1.807) is 0 Å². The minimum Gasteiger partial charge on any atom is -0.848 e. The van der Waals surface area contributed by atoms with Crippen molar-refractivity contribution in [3.8, 4) is 0 Å². The molecule has 0 rings (SSSR count). The van der Waals surface area contributed by atoms with Gasteiger partial charge in [0.1, 0.15) is 0 Å². The molecule has 0 unspecified atom stereocenters. The second kappa shape index (κ2) is 8.73. The van der Waals surface area contributed by atoms with Crippen molar-refractivity contribution < 1.29 is 18.3 Å². The largest absolute Gasteiger partial charge is 0.848 e. The minimum atomic E-state index is -4.51. The van der Waals surface area contributed by atoms with Crippen molar-refractivity contribution in [3.63, 3.8) is 0 Å². The van der Waals surface area contributed by atoms with Crippen molar-refractivity contribution in [2.75, 3.05) is 6.61 Å². The maximum absolute atomic E-state index is 10.5. The summed E-state index contributed by atoms with van der Waals surface area (Å²) in [5.74, 6) is 0. The number of alkyl halides is 3. The Morgan fingerprint density at radius 1 is 1.18 bits per heavy atom. The molecule has 2 radical (unpaired) electrons. The predicted octanol–water partition coefficient (Wildman–Crippen LogP) is 1.48. The van der Waals surface area contributed by atoms with E-state index in [1.807, 2.05) is 0 Å². The summed E-state index contributed by atoms with van der Waals surface area (Å²) in [6.45, 7) is 2.60. The van der Waals surface area contributed by atoms with E-state index >= 15 is 0 Å². The van der Waals surface area contributed by atoms with Crippen molar-refractivity contribution in [2.24, 2.45) is 0 Å². The smallest absolute Gasteiger partial charge is 0.374 e. The molecule has 5 heteroatoms. The van der Waals surface area contributed by atoms with Gasteiger partial charge in [-0.2, -0.15) is 13.2 Å². The third kappa shape index (κ3) is 25.0. The summed E-state index contributed by atoms with van der Waals surface area (Å²) in [4.78, 5) is 0. The monoisotopic (exact) mass is 366 g/mol. The molecule has 0 bridgehead atoms. The van der Waals surface area contributed by atoms with Crippen LogP contribution in [0.1, 0.15) is 13.8 Å². The van der Waals surface area contributed by atoms with Crippen molar-refractivity contribution in [1.29, 1.82) is 0 Å². The van der Waals surface area contributed by atoms with Crippen LogP contribution >= 0.6 is 0 Å². The van der Waals surface area contributed by atoms with E-state index in [4.69, 9.17) is 5.11 Å². The van der Waals surface area contributed by atoms with Crippen LogP contribution in [0.15, 0.2) is 0 Å². The van der Waals surface area contributed by atoms with Crippen molar-refractivity contribution >= 4 is 23.2 Å². The fourth-order valence-corrected chi connectivity index (χ4v) is 1.96. The fraction of sp³-hybridized carbons (Fsp3) is 1.00.